The molecule has 0 aliphatic heterocycles. The summed E-state index contributed by atoms with van der Waals surface area (Å²) in [4.78, 5) is 3.81. The second-order valence-corrected chi connectivity index (χ2v) is 3.19. The van der Waals surface area contributed by atoms with E-state index in [2.05, 4.69) is 10.1 Å². The van der Waals surface area contributed by atoms with E-state index in [1.165, 1.54) is 11.0 Å². The molecule has 15 heavy (non-hydrogen) atoms. The van der Waals surface area contributed by atoms with Crippen LogP contribution in [-0.2, 0) is 0 Å². The molecule has 74 valence electrons. The van der Waals surface area contributed by atoms with Gasteiger partial charge in [-0.15, -0.1) is 5.10 Å². The van der Waals surface area contributed by atoms with Crippen LogP contribution in [0, 0.1) is 18.3 Å². The zero-order valence-corrected chi connectivity index (χ0v) is 8.18. The van der Waals surface area contributed by atoms with E-state index in [1.54, 1.807) is 0 Å². The van der Waals surface area contributed by atoms with Crippen molar-refractivity contribution in [2.45, 2.75) is 6.92 Å². The molecule has 2 aromatic rings. The van der Waals surface area contributed by atoms with Crippen LogP contribution in [0.15, 0.2) is 24.5 Å². The second kappa shape index (κ2) is 3.42. The molecule has 0 amide bonds. The fourth-order valence-electron chi connectivity index (χ4n) is 1.31. The van der Waals surface area contributed by atoms with Gasteiger partial charge in [-0.2, -0.15) is 5.26 Å². The van der Waals surface area contributed by atoms with Gasteiger partial charge in [-0.25, -0.2) is 9.67 Å². The zero-order chi connectivity index (χ0) is 10.8. The van der Waals surface area contributed by atoms with Gasteiger partial charge >= 0.3 is 0 Å². The Morgan fingerprint density at radius 2 is 2.27 bits per heavy atom. The molecule has 1 aromatic carbocycles. The van der Waals surface area contributed by atoms with Gasteiger partial charge in [0.15, 0.2) is 0 Å². The number of nitrogens with two attached hydrogens (primary N) is 1. The van der Waals surface area contributed by atoms with Crippen LogP contribution in [0.25, 0.3) is 5.69 Å². The lowest BCUT2D eigenvalue weighted by atomic mass is 10.2. The number of aryl methyl sites for hydroxylation is 1. The van der Waals surface area contributed by atoms with Crippen LogP contribution in [0.1, 0.15) is 11.4 Å². The van der Waals surface area contributed by atoms with Crippen LogP contribution in [0.4, 0.5) is 5.69 Å². The third kappa shape index (κ3) is 1.65. The highest BCUT2D eigenvalue weighted by molar-refractivity contribution is 5.58. The summed E-state index contributed by atoms with van der Waals surface area (Å²) in [6, 6.07) is 7.49. The minimum absolute atomic E-state index is 0.134. The van der Waals surface area contributed by atoms with E-state index in [1.807, 2.05) is 31.2 Å². The fourth-order valence-corrected chi connectivity index (χ4v) is 1.31. The maximum absolute atomic E-state index is 8.59. The Kier molecular flexibility index (Phi) is 2.10. The number of anilines is 1. The van der Waals surface area contributed by atoms with Gasteiger partial charge in [-0.05, 0) is 24.6 Å². The molecule has 1 heterocycles. The Bertz CT molecular complexity index is 535. The van der Waals surface area contributed by atoms with E-state index >= 15 is 0 Å². The van der Waals surface area contributed by atoms with Crippen LogP contribution >= 0.6 is 0 Å². The number of hydrogen-bond acceptors (Lipinski definition) is 4. The lowest BCUT2D eigenvalue weighted by Gasteiger charge is -2.04. The topological polar surface area (TPSA) is 80.5 Å². The molecule has 0 spiro atoms. The SMILES string of the molecule is Cc1ccc(-n2cnc(C#N)n2)c(N)c1. The third-order valence-corrected chi connectivity index (χ3v) is 2.02. The van der Waals surface area contributed by atoms with Gasteiger partial charge in [0.2, 0.25) is 0 Å². The van der Waals surface area contributed by atoms with Crippen molar-refractivity contribution < 1.29 is 0 Å². The highest BCUT2D eigenvalue weighted by Crippen LogP contribution is 2.17. The molecule has 0 radical (unpaired) electrons. The smallest absolute Gasteiger partial charge is 0.252 e. The van der Waals surface area contributed by atoms with E-state index in [4.69, 9.17) is 11.0 Å². The lowest BCUT2D eigenvalue weighted by Crippen LogP contribution is -2.00. The quantitative estimate of drug-likeness (QED) is 0.695. The van der Waals surface area contributed by atoms with Crippen LogP contribution in [0.2, 0.25) is 0 Å². The Morgan fingerprint density at radius 1 is 1.47 bits per heavy atom. The predicted molar refractivity (Wildman–Crippen MR) is 55.2 cm³/mol. The normalized spacial score (nSPS) is 9.87. The van der Waals surface area contributed by atoms with Gasteiger partial charge in [0.25, 0.3) is 5.82 Å². The molecule has 0 unspecified atom stereocenters. The first-order valence-corrected chi connectivity index (χ1v) is 4.39. The lowest BCUT2D eigenvalue weighted by molar-refractivity contribution is 0.874. The molecule has 0 aliphatic carbocycles. The monoisotopic (exact) mass is 199 g/mol. The highest BCUT2D eigenvalue weighted by atomic mass is 15.3. The minimum Gasteiger partial charge on any atom is -0.397 e. The minimum atomic E-state index is 0.134. The van der Waals surface area contributed by atoms with Crippen LogP contribution in [-0.4, -0.2) is 14.8 Å². The number of nitriles is 1. The Balaban J connectivity index is 2.50. The molecule has 0 saturated carbocycles. The number of hydrogen-bond donors (Lipinski definition) is 1. The van der Waals surface area contributed by atoms with E-state index in [-0.39, 0.29) is 5.82 Å². The Labute approximate surface area is 86.8 Å². The molecule has 0 bridgehead atoms. The fraction of sp³-hybridized carbons (Fsp3) is 0.100. The summed E-state index contributed by atoms with van der Waals surface area (Å²) in [5.41, 5.74) is 8.26. The summed E-state index contributed by atoms with van der Waals surface area (Å²) in [5, 5.41) is 12.5. The van der Waals surface area contributed by atoms with Gasteiger partial charge in [-0.1, -0.05) is 6.07 Å². The van der Waals surface area contributed by atoms with E-state index in [0.717, 1.165) is 11.3 Å². The standard InChI is InChI=1S/C10H9N5/c1-7-2-3-9(8(12)4-7)15-6-13-10(5-11)14-15/h2-4,6H,12H2,1H3. The number of benzene rings is 1. The zero-order valence-electron chi connectivity index (χ0n) is 8.18. The van der Waals surface area contributed by atoms with Crippen molar-refractivity contribution in [2.24, 2.45) is 0 Å². The summed E-state index contributed by atoms with van der Waals surface area (Å²) < 4.78 is 1.49. The molecule has 0 atom stereocenters. The third-order valence-electron chi connectivity index (χ3n) is 2.02. The van der Waals surface area contributed by atoms with Crippen LogP contribution < -0.4 is 5.73 Å². The van der Waals surface area contributed by atoms with Crippen molar-refractivity contribution in [1.29, 1.82) is 5.26 Å². The van der Waals surface area contributed by atoms with Crippen molar-refractivity contribution in [3.8, 4) is 11.8 Å². The Hall–Kier alpha value is -2.35. The average molecular weight is 199 g/mol. The average Bonchev–Trinajstić information content (AvgIpc) is 2.66. The van der Waals surface area contributed by atoms with Gasteiger partial charge in [0.1, 0.15) is 12.4 Å². The molecule has 0 aliphatic rings. The van der Waals surface area contributed by atoms with Crippen molar-refractivity contribution in [3.63, 3.8) is 0 Å². The molecular formula is C10H9N5. The first kappa shape index (κ1) is 9.21. The van der Waals surface area contributed by atoms with E-state index in [0.29, 0.717) is 5.69 Å². The number of nitrogens with zero attached hydrogens (tertiary/aromatic N) is 4. The van der Waals surface area contributed by atoms with Crippen molar-refractivity contribution in [3.05, 3.63) is 35.9 Å². The second-order valence-electron chi connectivity index (χ2n) is 3.19. The Morgan fingerprint density at radius 3 is 2.87 bits per heavy atom. The summed E-state index contributed by atoms with van der Waals surface area (Å²) in [7, 11) is 0. The van der Waals surface area contributed by atoms with Gasteiger partial charge < -0.3 is 5.73 Å². The summed E-state index contributed by atoms with van der Waals surface area (Å²) in [6.45, 7) is 1.96. The van der Waals surface area contributed by atoms with Crippen molar-refractivity contribution >= 4 is 5.69 Å². The summed E-state index contributed by atoms with van der Waals surface area (Å²) in [6.07, 6.45) is 1.47. The van der Waals surface area contributed by atoms with E-state index < -0.39 is 0 Å². The molecule has 0 fully saturated rings. The van der Waals surface area contributed by atoms with Gasteiger partial charge in [-0.3, -0.25) is 0 Å². The van der Waals surface area contributed by atoms with Gasteiger partial charge in [0, 0.05) is 0 Å². The molecule has 5 heteroatoms. The molecule has 2 rings (SSSR count). The number of nitrogen functional groups attached to an aromatic ring is 1. The summed E-state index contributed by atoms with van der Waals surface area (Å²) >= 11 is 0. The maximum atomic E-state index is 8.59. The first-order chi connectivity index (χ1) is 7.20. The molecule has 0 saturated heterocycles. The molecule has 5 nitrogen and oxygen atoms in total. The largest absolute Gasteiger partial charge is 0.397 e. The number of rotatable bonds is 1. The van der Waals surface area contributed by atoms with Gasteiger partial charge in [0.05, 0.1) is 11.4 Å². The van der Waals surface area contributed by atoms with Crippen molar-refractivity contribution in [1.82, 2.24) is 14.8 Å². The van der Waals surface area contributed by atoms with E-state index in [9.17, 15) is 0 Å². The predicted octanol–water partition coefficient (Wildman–Crippen LogP) is 1.03. The molecule has 2 N–H and O–H groups in total. The van der Waals surface area contributed by atoms with Crippen molar-refractivity contribution in [2.75, 3.05) is 5.73 Å². The van der Waals surface area contributed by atoms with Crippen LogP contribution in [0.3, 0.4) is 0 Å². The molecule has 1 aromatic heterocycles. The first-order valence-electron chi connectivity index (χ1n) is 4.39. The number of aromatic nitrogens is 3. The van der Waals surface area contributed by atoms with Crippen LogP contribution in [0.5, 0.6) is 0 Å². The highest BCUT2D eigenvalue weighted by Gasteiger charge is 2.04. The maximum Gasteiger partial charge on any atom is 0.252 e. The molecular weight excluding hydrogens is 190 g/mol. The summed E-state index contributed by atoms with van der Waals surface area (Å²) in [5.74, 6) is 0.134.